The van der Waals surface area contributed by atoms with E-state index in [4.69, 9.17) is 5.11 Å². The molecule has 1 aliphatic rings. The van der Waals surface area contributed by atoms with Gasteiger partial charge >= 0.3 is 12.0 Å². The van der Waals surface area contributed by atoms with E-state index in [0.29, 0.717) is 25.3 Å². The zero-order valence-corrected chi connectivity index (χ0v) is 11.8. The van der Waals surface area contributed by atoms with Crippen LogP contribution in [0.15, 0.2) is 43.5 Å². The number of amides is 2. The van der Waals surface area contributed by atoms with Crippen molar-refractivity contribution in [2.75, 3.05) is 24.5 Å². The molecule has 2 amide bonds. The molecule has 110 valence electrons. The van der Waals surface area contributed by atoms with Gasteiger partial charge in [-0.3, -0.25) is 4.90 Å². The van der Waals surface area contributed by atoms with Crippen molar-refractivity contribution in [1.82, 2.24) is 4.90 Å². The van der Waals surface area contributed by atoms with Gasteiger partial charge in [-0.15, -0.1) is 13.2 Å². The van der Waals surface area contributed by atoms with Crippen LogP contribution in [0.1, 0.15) is 15.9 Å². The van der Waals surface area contributed by atoms with Gasteiger partial charge in [-0.2, -0.15) is 0 Å². The number of carboxylic acid groups (broad SMARTS) is 1. The normalized spacial score (nSPS) is 12.7. The van der Waals surface area contributed by atoms with Crippen molar-refractivity contribution in [2.45, 2.75) is 6.42 Å². The molecule has 21 heavy (non-hydrogen) atoms. The van der Waals surface area contributed by atoms with Gasteiger partial charge in [0.15, 0.2) is 0 Å². The van der Waals surface area contributed by atoms with E-state index in [1.165, 1.54) is 0 Å². The topological polar surface area (TPSA) is 60.9 Å². The third kappa shape index (κ3) is 2.97. The van der Waals surface area contributed by atoms with Crippen molar-refractivity contribution >= 4 is 17.7 Å². The number of anilines is 1. The van der Waals surface area contributed by atoms with Crippen molar-refractivity contribution in [3.05, 3.63) is 54.6 Å². The average Bonchev–Trinajstić information content (AvgIpc) is 2.89. The summed E-state index contributed by atoms with van der Waals surface area (Å²) in [5.41, 5.74) is 1.86. The molecular weight excluding hydrogens is 268 g/mol. The Morgan fingerprint density at radius 3 is 2.52 bits per heavy atom. The van der Waals surface area contributed by atoms with Crippen LogP contribution in [-0.2, 0) is 6.42 Å². The van der Waals surface area contributed by atoms with Crippen molar-refractivity contribution in [2.24, 2.45) is 0 Å². The number of carboxylic acids is 1. The number of nitrogens with zero attached hydrogens (tertiary/aromatic N) is 2. The Morgan fingerprint density at radius 1 is 1.29 bits per heavy atom. The molecule has 0 saturated heterocycles. The molecule has 5 nitrogen and oxygen atoms in total. The zero-order valence-electron chi connectivity index (χ0n) is 11.8. The van der Waals surface area contributed by atoms with Crippen molar-refractivity contribution < 1.29 is 14.7 Å². The second-order valence-electron chi connectivity index (χ2n) is 4.82. The minimum atomic E-state index is -0.994. The molecule has 1 aliphatic heterocycles. The predicted octanol–water partition coefficient (Wildman–Crippen LogP) is 2.54. The minimum absolute atomic E-state index is 0.156. The fourth-order valence-corrected chi connectivity index (χ4v) is 2.42. The van der Waals surface area contributed by atoms with E-state index in [0.717, 1.165) is 12.0 Å². The summed E-state index contributed by atoms with van der Waals surface area (Å²) < 4.78 is 0. The molecule has 0 aromatic heterocycles. The number of urea groups is 1. The van der Waals surface area contributed by atoms with Crippen LogP contribution in [-0.4, -0.2) is 41.6 Å². The van der Waals surface area contributed by atoms with Crippen LogP contribution in [0.5, 0.6) is 0 Å². The third-order valence-electron chi connectivity index (χ3n) is 3.43. The summed E-state index contributed by atoms with van der Waals surface area (Å²) in [5.74, 6) is -0.994. The molecule has 5 heteroatoms. The Bertz CT molecular complexity index is 585. The molecule has 1 heterocycles. The summed E-state index contributed by atoms with van der Waals surface area (Å²) in [4.78, 5) is 26.9. The van der Waals surface area contributed by atoms with Gasteiger partial charge in [-0.05, 0) is 24.1 Å². The van der Waals surface area contributed by atoms with Crippen LogP contribution in [0.25, 0.3) is 0 Å². The molecule has 0 aliphatic carbocycles. The second-order valence-corrected chi connectivity index (χ2v) is 4.82. The lowest BCUT2D eigenvalue weighted by Gasteiger charge is -2.26. The Hall–Kier alpha value is -2.56. The summed E-state index contributed by atoms with van der Waals surface area (Å²) in [6.45, 7) is 8.71. The quantitative estimate of drug-likeness (QED) is 0.846. The summed E-state index contributed by atoms with van der Waals surface area (Å²) in [5, 5.41) is 9.08. The second kappa shape index (κ2) is 6.26. The van der Waals surface area contributed by atoms with Crippen LogP contribution in [0.3, 0.4) is 0 Å². The van der Waals surface area contributed by atoms with Gasteiger partial charge in [0.1, 0.15) is 0 Å². The summed E-state index contributed by atoms with van der Waals surface area (Å²) >= 11 is 0. The van der Waals surface area contributed by atoms with Crippen LogP contribution >= 0.6 is 0 Å². The lowest BCUT2D eigenvalue weighted by Crippen LogP contribution is -2.42. The van der Waals surface area contributed by atoms with Crippen molar-refractivity contribution in [3.63, 3.8) is 0 Å². The van der Waals surface area contributed by atoms with E-state index in [1.807, 2.05) is 0 Å². The zero-order chi connectivity index (χ0) is 15.4. The van der Waals surface area contributed by atoms with Crippen LogP contribution in [0, 0.1) is 0 Å². The highest BCUT2D eigenvalue weighted by molar-refractivity contribution is 5.97. The maximum absolute atomic E-state index is 12.6. The summed E-state index contributed by atoms with van der Waals surface area (Å²) in [6.07, 6.45) is 4.05. The molecule has 1 aromatic rings. The number of carbonyl (C=O) groups excluding carboxylic acids is 1. The smallest absolute Gasteiger partial charge is 0.335 e. The first-order chi connectivity index (χ1) is 10.1. The van der Waals surface area contributed by atoms with E-state index < -0.39 is 5.97 Å². The number of aromatic carboxylic acids is 1. The van der Waals surface area contributed by atoms with Gasteiger partial charge < -0.3 is 10.0 Å². The Kier molecular flexibility index (Phi) is 4.42. The number of fused-ring (bicyclic) bond motifs is 1. The molecule has 0 radical (unpaired) electrons. The molecule has 0 saturated carbocycles. The van der Waals surface area contributed by atoms with E-state index in [1.54, 1.807) is 40.2 Å². The van der Waals surface area contributed by atoms with Gasteiger partial charge in [0.25, 0.3) is 0 Å². The highest BCUT2D eigenvalue weighted by Crippen LogP contribution is 2.30. The maximum Gasteiger partial charge on any atom is 0.335 e. The number of hydrogen-bond donors (Lipinski definition) is 1. The van der Waals surface area contributed by atoms with E-state index in [2.05, 4.69) is 13.2 Å². The van der Waals surface area contributed by atoms with Gasteiger partial charge in [0.05, 0.1) is 5.56 Å². The van der Waals surface area contributed by atoms with Crippen molar-refractivity contribution in [1.29, 1.82) is 0 Å². The largest absolute Gasteiger partial charge is 0.478 e. The van der Waals surface area contributed by atoms with Gasteiger partial charge in [-0.1, -0.05) is 18.2 Å². The first-order valence-corrected chi connectivity index (χ1v) is 6.73. The molecule has 1 aromatic carbocycles. The monoisotopic (exact) mass is 286 g/mol. The molecule has 0 unspecified atom stereocenters. The van der Waals surface area contributed by atoms with Gasteiger partial charge in [-0.25, -0.2) is 9.59 Å². The third-order valence-corrected chi connectivity index (χ3v) is 3.43. The SMILES string of the molecule is C=CCN(CC=C)C(=O)N1CCc2ccc(C(=O)O)cc21. The highest BCUT2D eigenvalue weighted by Gasteiger charge is 2.28. The Labute approximate surface area is 123 Å². The summed E-state index contributed by atoms with van der Waals surface area (Å²) in [7, 11) is 0. The first-order valence-electron chi connectivity index (χ1n) is 6.73. The van der Waals surface area contributed by atoms with Crippen molar-refractivity contribution in [3.8, 4) is 0 Å². The molecule has 0 fully saturated rings. The van der Waals surface area contributed by atoms with Crippen LogP contribution in [0.2, 0.25) is 0 Å². The Morgan fingerprint density at radius 2 is 1.95 bits per heavy atom. The van der Waals surface area contributed by atoms with E-state index in [-0.39, 0.29) is 11.6 Å². The highest BCUT2D eigenvalue weighted by atomic mass is 16.4. The predicted molar refractivity (Wildman–Crippen MR) is 81.8 cm³/mol. The average molecular weight is 286 g/mol. The van der Waals surface area contributed by atoms with E-state index in [9.17, 15) is 9.59 Å². The maximum atomic E-state index is 12.6. The fourth-order valence-electron chi connectivity index (χ4n) is 2.42. The number of hydrogen-bond acceptors (Lipinski definition) is 2. The number of carbonyl (C=O) groups is 2. The molecule has 0 bridgehead atoms. The molecule has 2 rings (SSSR count). The number of rotatable bonds is 5. The lowest BCUT2D eigenvalue weighted by atomic mass is 10.1. The lowest BCUT2D eigenvalue weighted by molar-refractivity contribution is 0.0697. The van der Waals surface area contributed by atoms with Crippen LogP contribution < -0.4 is 4.90 Å². The first kappa shape index (κ1) is 14.8. The Balaban J connectivity index is 2.29. The molecule has 0 atom stereocenters. The molecule has 1 N–H and O–H groups in total. The van der Waals surface area contributed by atoms with E-state index >= 15 is 0 Å². The van der Waals surface area contributed by atoms with Crippen LogP contribution in [0.4, 0.5) is 10.5 Å². The van der Waals surface area contributed by atoms with Gasteiger partial charge in [0, 0.05) is 25.3 Å². The van der Waals surface area contributed by atoms with Gasteiger partial charge in [0.2, 0.25) is 0 Å². The summed E-state index contributed by atoms with van der Waals surface area (Å²) in [6, 6.07) is 4.75. The fraction of sp³-hybridized carbons (Fsp3) is 0.250. The molecular formula is C16H18N2O3. The number of benzene rings is 1. The minimum Gasteiger partial charge on any atom is -0.478 e. The molecule has 0 spiro atoms. The standard InChI is InChI=1S/C16H18N2O3/c1-3-8-17(9-4-2)16(21)18-10-7-12-5-6-13(15(19)20)11-14(12)18/h3-6,11H,1-2,7-10H2,(H,19,20).